The third-order valence-corrected chi connectivity index (χ3v) is 5.43. The Morgan fingerprint density at radius 3 is 2.44 bits per heavy atom. The first-order valence-corrected chi connectivity index (χ1v) is 10.4. The number of hydrogen-bond donors (Lipinski definition) is 0. The van der Waals surface area contributed by atoms with E-state index in [9.17, 15) is 9.18 Å². The minimum absolute atomic E-state index is 0.231. The Bertz CT molecular complexity index is 1180. The summed E-state index contributed by atoms with van der Waals surface area (Å²) in [5.74, 6) is -1.54. The Kier molecular flexibility index (Phi) is 6.56. The van der Waals surface area contributed by atoms with Crippen molar-refractivity contribution >= 4 is 17.6 Å². The van der Waals surface area contributed by atoms with Crippen molar-refractivity contribution in [1.82, 2.24) is 20.2 Å². The number of rotatable bonds is 7. The maximum atomic E-state index is 14.8. The van der Waals surface area contributed by atoms with Crippen LogP contribution in [0.15, 0.2) is 79.1 Å². The van der Waals surface area contributed by atoms with Crippen LogP contribution in [0.5, 0.6) is 0 Å². The van der Waals surface area contributed by atoms with Crippen LogP contribution in [-0.2, 0) is 16.1 Å². The van der Waals surface area contributed by atoms with E-state index in [0.717, 1.165) is 11.1 Å². The van der Waals surface area contributed by atoms with Gasteiger partial charge in [0.25, 0.3) is 0 Å². The van der Waals surface area contributed by atoms with Crippen LogP contribution >= 0.6 is 11.6 Å². The van der Waals surface area contributed by atoms with Crippen LogP contribution in [0.4, 0.5) is 4.39 Å². The highest BCUT2D eigenvalue weighted by molar-refractivity contribution is 6.30. The summed E-state index contributed by atoms with van der Waals surface area (Å²) < 4.78 is 22.1. The maximum absolute atomic E-state index is 14.8. The van der Waals surface area contributed by atoms with E-state index in [0.29, 0.717) is 16.1 Å². The summed E-state index contributed by atoms with van der Waals surface area (Å²) in [6.45, 7) is 1.92. The van der Waals surface area contributed by atoms with E-state index in [-0.39, 0.29) is 6.54 Å². The number of nitrogens with zero attached hydrogens (tertiary/aromatic N) is 4. The van der Waals surface area contributed by atoms with Gasteiger partial charge in [0.2, 0.25) is 0 Å². The van der Waals surface area contributed by atoms with Crippen molar-refractivity contribution in [3.8, 4) is 11.1 Å². The van der Waals surface area contributed by atoms with Crippen molar-refractivity contribution < 1.29 is 13.9 Å². The summed E-state index contributed by atoms with van der Waals surface area (Å²) in [5, 5.41) is 11.7. The standard InChI is InChI=1S/C24H20ClFN4O2/c1-16(19-9-12-21(22(26)13-19)17-5-3-2-4-6-17)24(31)32-23(14-30-15-27-28-29-30)18-7-10-20(25)11-8-18/h2-13,15-16,23H,14H2,1H3/t16-,23?/m0/s1. The first-order valence-electron chi connectivity index (χ1n) is 10.0. The normalized spacial score (nSPS) is 12.8. The molecule has 0 amide bonds. The van der Waals surface area contributed by atoms with Gasteiger partial charge in [0.1, 0.15) is 18.2 Å². The smallest absolute Gasteiger partial charge is 0.313 e. The largest absolute Gasteiger partial charge is 0.455 e. The topological polar surface area (TPSA) is 69.9 Å². The van der Waals surface area contributed by atoms with Gasteiger partial charge in [-0.15, -0.1) is 5.10 Å². The molecule has 3 aromatic carbocycles. The van der Waals surface area contributed by atoms with Crippen LogP contribution < -0.4 is 0 Å². The second-order valence-corrected chi connectivity index (χ2v) is 7.77. The Hall–Kier alpha value is -3.58. The van der Waals surface area contributed by atoms with E-state index < -0.39 is 23.8 Å². The van der Waals surface area contributed by atoms with Gasteiger partial charge in [-0.2, -0.15) is 0 Å². The lowest BCUT2D eigenvalue weighted by atomic mass is 9.97. The number of esters is 1. The molecule has 0 aliphatic rings. The van der Waals surface area contributed by atoms with Crippen LogP contribution in [0.2, 0.25) is 5.02 Å². The molecule has 0 radical (unpaired) electrons. The molecular formula is C24H20ClFN4O2. The predicted octanol–water partition coefficient (Wildman–Crippen LogP) is 5.22. The molecule has 6 nitrogen and oxygen atoms in total. The highest BCUT2D eigenvalue weighted by atomic mass is 35.5. The number of halogens is 2. The molecule has 4 rings (SSSR count). The molecule has 0 fully saturated rings. The number of tetrazole rings is 1. The Labute approximate surface area is 189 Å². The van der Waals surface area contributed by atoms with Crippen LogP contribution in [0.25, 0.3) is 11.1 Å². The molecule has 0 aliphatic heterocycles. The Morgan fingerprint density at radius 1 is 1.06 bits per heavy atom. The number of aromatic nitrogens is 4. The van der Waals surface area contributed by atoms with E-state index in [2.05, 4.69) is 15.5 Å². The van der Waals surface area contributed by atoms with Gasteiger partial charge in [0, 0.05) is 10.6 Å². The van der Waals surface area contributed by atoms with Gasteiger partial charge in [-0.25, -0.2) is 9.07 Å². The average molecular weight is 451 g/mol. The molecule has 0 aliphatic carbocycles. The van der Waals surface area contributed by atoms with Crippen molar-refractivity contribution in [3.63, 3.8) is 0 Å². The van der Waals surface area contributed by atoms with Crippen molar-refractivity contribution in [2.75, 3.05) is 0 Å². The zero-order chi connectivity index (χ0) is 22.5. The molecule has 1 aromatic heterocycles. The summed E-state index contributed by atoms with van der Waals surface area (Å²) in [7, 11) is 0. The van der Waals surface area contributed by atoms with Gasteiger partial charge in [0.15, 0.2) is 0 Å². The second-order valence-electron chi connectivity index (χ2n) is 7.34. The molecule has 4 aromatic rings. The van der Waals surface area contributed by atoms with E-state index in [1.807, 2.05) is 30.3 Å². The summed E-state index contributed by atoms with van der Waals surface area (Å²) in [4.78, 5) is 13.0. The molecule has 162 valence electrons. The molecule has 1 heterocycles. The maximum Gasteiger partial charge on any atom is 0.313 e. The Balaban J connectivity index is 1.53. The lowest BCUT2D eigenvalue weighted by molar-refractivity contribution is -0.151. The zero-order valence-corrected chi connectivity index (χ0v) is 18.0. The SMILES string of the molecule is C[C@H](C(=O)OC(Cn1cnnn1)c1ccc(Cl)cc1)c1ccc(-c2ccccc2)c(F)c1. The third kappa shape index (κ3) is 5.00. The molecule has 0 spiro atoms. The number of carbonyl (C=O) groups is 1. The van der Waals surface area contributed by atoms with Crippen molar-refractivity contribution in [3.05, 3.63) is 101 Å². The van der Waals surface area contributed by atoms with Gasteiger partial charge in [-0.3, -0.25) is 4.79 Å². The van der Waals surface area contributed by atoms with Gasteiger partial charge >= 0.3 is 5.97 Å². The number of carbonyl (C=O) groups excluding carboxylic acids is 1. The molecular weight excluding hydrogens is 431 g/mol. The lowest BCUT2D eigenvalue weighted by Gasteiger charge is -2.21. The van der Waals surface area contributed by atoms with Gasteiger partial charge in [-0.05, 0) is 52.2 Å². The predicted molar refractivity (Wildman–Crippen MR) is 118 cm³/mol. The number of hydrogen-bond acceptors (Lipinski definition) is 5. The quantitative estimate of drug-likeness (QED) is 0.361. The summed E-state index contributed by atoms with van der Waals surface area (Å²) in [6, 6.07) is 21.1. The van der Waals surface area contributed by atoms with Crippen LogP contribution in [0.1, 0.15) is 30.1 Å². The van der Waals surface area contributed by atoms with Crippen molar-refractivity contribution in [1.29, 1.82) is 0 Å². The molecule has 0 N–H and O–H groups in total. The van der Waals surface area contributed by atoms with Crippen molar-refractivity contribution in [2.24, 2.45) is 0 Å². The first kappa shape index (κ1) is 21.6. The highest BCUT2D eigenvalue weighted by Crippen LogP contribution is 2.29. The summed E-state index contributed by atoms with van der Waals surface area (Å²) in [5.41, 5.74) is 2.53. The van der Waals surface area contributed by atoms with Gasteiger partial charge in [0.05, 0.1) is 12.5 Å². The molecule has 0 bridgehead atoms. The van der Waals surface area contributed by atoms with Gasteiger partial charge in [-0.1, -0.05) is 66.2 Å². The zero-order valence-electron chi connectivity index (χ0n) is 17.2. The molecule has 0 saturated heterocycles. The van der Waals surface area contributed by atoms with Crippen molar-refractivity contribution in [2.45, 2.75) is 25.5 Å². The van der Waals surface area contributed by atoms with E-state index in [1.54, 1.807) is 43.3 Å². The molecule has 1 unspecified atom stereocenters. The number of ether oxygens (including phenoxy) is 1. The van der Waals surface area contributed by atoms with Crippen LogP contribution in [0, 0.1) is 5.82 Å². The molecule has 2 atom stereocenters. The fourth-order valence-corrected chi connectivity index (χ4v) is 3.48. The molecule has 8 heteroatoms. The minimum Gasteiger partial charge on any atom is -0.455 e. The fraction of sp³-hybridized carbons (Fsp3) is 0.167. The number of benzene rings is 3. The Morgan fingerprint density at radius 2 is 1.78 bits per heavy atom. The third-order valence-electron chi connectivity index (χ3n) is 5.18. The second kappa shape index (κ2) is 9.70. The minimum atomic E-state index is -0.669. The van der Waals surface area contributed by atoms with E-state index in [1.165, 1.54) is 17.1 Å². The fourth-order valence-electron chi connectivity index (χ4n) is 3.35. The van der Waals surface area contributed by atoms with Crippen LogP contribution in [0.3, 0.4) is 0 Å². The molecule has 32 heavy (non-hydrogen) atoms. The summed E-state index contributed by atoms with van der Waals surface area (Å²) >= 11 is 5.99. The lowest BCUT2D eigenvalue weighted by Crippen LogP contribution is -2.21. The summed E-state index contributed by atoms with van der Waals surface area (Å²) in [6.07, 6.45) is 0.803. The highest BCUT2D eigenvalue weighted by Gasteiger charge is 2.24. The molecule has 0 saturated carbocycles. The average Bonchev–Trinajstić information content (AvgIpc) is 3.32. The van der Waals surface area contributed by atoms with Gasteiger partial charge < -0.3 is 4.74 Å². The van der Waals surface area contributed by atoms with E-state index in [4.69, 9.17) is 16.3 Å². The van der Waals surface area contributed by atoms with Crippen LogP contribution in [-0.4, -0.2) is 26.2 Å². The van der Waals surface area contributed by atoms with E-state index >= 15 is 0 Å². The monoisotopic (exact) mass is 450 g/mol. The first-order chi connectivity index (χ1) is 15.5.